The first-order valence-electron chi connectivity index (χ1n) is 6.42. The van der Waals surface area contributed by atoms with Gasteiger partial charge < -0.3 is 5.32 Å². The maximum atomic E-state index is 12.3. The highest BCUT2D eigenvalue weighted by atomic mass is 32.2. The Balaban J connectivity index is 2.00. The number of likely N-dealkylation sites (N-methyl/N-ethyl adjacent to an activating group) is 1. The molecule has 1 aliphatic rings. The van der Waals surface area contributed by atoms with Crippen LogP contribution in [-0.2, 0) is 16.8 Å². The first kappa shape index (κ1) is 14.9. The highest BCUT2D eigenvalue weighted by Gasteiger charge is 2.31. The van der Waals surface area contributed by atoms with Gasteiger partial charge in [0.1, 0.15) is 0 Å². The topological polar surface area (TPSA) is 74.3 Å². The summed E-state index contributed by atoms with van der Waals surface area (Å²) in [7, 11) is -1.56. The van der Waals surface area contributed by atoms with Crippen molar-refractivity contribution < 1.29 is 8.42 Å². The molecule has 1 aliphatic heterocycles. The second-order valence-electron chi connectivity index (χ2n) is 4.61. The molecule has 6 nitrogen and oxygen atoms in total. The van der Waals surface area contributed by atoms with Crippen LogP contribution in [0.25, 0.3) is 0 Å². The van der Waals surface area contributed by atoms with Gasteiger partial charge in [-0.1, -0.05) is 6.42 Å². The zero-order valence-corrected chi connectivity index (χ0v) is 12.6. The molecule has 1 saturated heterocycles. The predicted molar refractivity (Wildman–Crippen MR) is 76.1 cm³/mol. The lowest BCUT2D eigenvalue weighted by Gasteiger charge is -2.34. The lowest BCUT2D eigenvalue weighted by atomic mass is 10.1. The SMILES string of the molecule is CNCC1CCCCN1S(=O)(=O)NCc1cncs1. The summed E-state index contributed by atoms with van der Waals surface area (Å²) in [4.78, 5) is 4.86. The molecule has 0 amide bonds. The van der Waals surface area contributed by atoms with Gasteiger partial charge in [0.25, 0.3) is 10.2 Å². The maximum absolute atomic E-state index is 12.3. The Bertz CT molecular complexity index is 473. The lowest BCUT2D eigenvalue weighted by Crippen LogP contribution is -2.51. The zero-order chi connectivity index (χ0) is 13.7. The molecule has 0 radical (unpaired) electrons. The molecule has 108 valence electrons. The highest BCUT2D eigenvalue weighted by molar-refractivity contribution is 7.87. The summed E-state index contributed by atoms with van der Waals surface area (Å²) in [6, 6.07) is 0.0534. The monoisotopic (exact) mass is 304 g/mol. The zero-order valence-electron chi connectivity index (χ0n) is 11.0. The van der Waals surface area contributed by atoms with Gasteiger partial charge in [-0.3, -0.25) is 4.98 Å². The Morgan fingerprint density at radius 3 is 3.05 bits per heavy atom. The molecule has 0 aromatic carbocycles. The number of aromatic nitrogens is 1. The van der Waals surface area contributed by atoms with Crippen molar-refractivity contribution in [3.05, 3.63) is 16.6 Å². The largest absolute Gasteiger partial charge is 0.318 e. The van der Waals surface area contributed by atoms with Gasteiger partial charge >= 0.3 is 0 Å². The quantitative estimate of drug-likeness (QED) is 0.805. The second-order valence-corrected chi connectivity index (χ2v) is 7.29. The third kappa shape index (κ3) is 3.96. The van der Waals surface area contributed by atoms with E-state index in [4.69, 9.17) is 0 Å². The molecular formula is C11H20N4O2S2. The first-order chi connectivity index (χ1) is 9.13. The van der Waals surface area contributed by atoms with Crippen molar-refractivity contribution in [3.63, 3.8) is 0 Å². The average Bonchev–Trinajstić information content (AvgIpc) is 2.91. The number of hydrogen-bond donors (Lipinski definition) is 2. The smallest absolute Gasteiger partial charge is 0.280 e. The molecular weight excluding hydrogens is 284 g/mol. The van der Waals surface area contributed by atoms with Crippen molar-refractivity contribution in [3.8, 4) is 0 Å². The fourth-order valence-electron chi connectivity index (χ4n) is 2.30. The van der Waals surface area contributed by atoms with Gasteiger partial charge in [-0.05, 0) is 19.9 Å². The summed E-state index contributed by atoms with van der Waals surface area (Å²) in [6.07, 6.45) is 4.63. The van der Waals surface area contributed by atoms with Gasteiger partial charge in [0.15, 0.2) is 0 Å². The molecule has 1 aromatic rings. The van der Waals surface area contributed by atoms with E-state index in [1.54, 1.807) is 16.0 Å². The highest BCUT2D eigenvalue weighted by Crippen LogP contribution is 2.19. The number of nitrogens with one attached hydrogen (secondary N) is 2. The van der Waals surface area contributed by atoms with Gasteiger partial charge in [0.2, 0.25) is 0 Å². The van der Waals surface area contributed by atoms with Crippen molar-refractivity contribution >= 4 is 21.5 Å². The molecule has 8 heteroatoms. The molecule has 1 unspecified atom stereocenters. The van der Waals surface area contributed by atoms with Crippen LogP contribution in [0.5, 0.6) is 0 Å². The van der Waals surface area contributed by atoms with Crippen molar-refractivity contribution in [2.45, 2.75) is 31.8 Å². The Morgan fingerprint density at radius 1 is 1.53 bits per heavy atom. The molecule has 2 heterocycles. The van der Waals surface area contributed by atoms with E-state index in [-0.39, 0.29) is 6.04 Å². The van der Waals surface area contributed by atoms with Crippen LogP contribution < -0.4 is 10.0 Å². The van der Waals surface area contributed by atoms with Crippen LogP contribution in [0.2, 0.25) is 0 Å². The molecule has 19 heavy (non-hydrogen) atoms. The predicted octanol–water partition coefficient (Wildman–Crippen LogP) is 0.551. The average molecular weight is 304 g/mol. The van der Waals surface area contributed by atoms with Crippen LogP contribution in [-0.4, -0.2) is 43.9 Å². The van der Waals surface area contributed by atoms with Crippen molar-refractivity contribution in [2.75, 3.05) is 20.1 Å². The Hall–Kier alpha value is -0.540. The summed E-state index contributed by atoms with van der Waals surface area (Å²) in [6.45, 7) is 1.61. The van der Waals surface area contributed by atoms with E-state index in [0.717, 1.165) is 24.1 Å². The Kier molecular flexibility index (Phi) is 5.28. The number of piperidine rings is 1. The minimum atomic E-state index is -3.41. The number of thiazole rings is 1. The molecule has 0 saturated carbocycles. The number of hydrogen-bond acceptors (Lipinski definition) is 5. The maximum Gasteiger partial charge on any atom is 0.280 e. The molecule has 2 rings (SSSR count). The first-order valence-corrected chi connectivity index (χ1v) is 8.74. The van der Waals surface area contributed by atoms with E-state index in [9.17, 15) is 8.42 Å². The molecule has 1 atom stereocenters. The molecule has 2 N–H and O–H groups in total. The summed E-state index contributed by atoms with van der Waals surface area (Å²) >= 11 is 1.45. The van der Waals surface area contributed by atoms with Crippen LogP contribution in [0, 0.1) is 0 Å². The molecule has 0 aliphatic carbocycles. The van der Waals surface area contributed by atoms with E-state index in [2.05, 4.69) is 15.0 Å². The van der Waals surface area contributed by atoms with Crippen molar-refractivity contribution in [1.82, 2.24) is 19.3 Å². The molecule has 1 fully saturated rings. The fourth-order valence-corrected chi connectivity index (χ4v) is 4.38. The van der Waals surface area contributed by atoms with Gasteiger partial charge in [0, 0.05) is 36.8 Å². The van der Waals surface area contributed by atoms with Gasteiger partial charge in [-0.15, -0.1) is 11.3 Å². The summed E-state index contributed by atoms with van der Waals surface area (Å²) in [5, 5.41) is 3.07. The van der Waals surface area contributed by atoms with E-state index in [0.29, 0.717) is 19.6 Å². The molecule has 0 bridgehead atoms. The standard InChI is InChI=1S/C11H20N4O2S2/c1-12-6-10-4-2-3-5-15(10)19(16,17)14-8-11-7-13-9-18-11/h7,9-10,12,14H,2-6,8H2,1H3. The van der Waals surface area contributed by atoms with Crippen molar-refractivity contribution in [1.29, 1.82) is 0 Å². The summed E-state index contributed by atoms with van der Waals surface area (Å²) in [5.74, 6) is 0. The van der Waals surface area contributed by atoms with Crippen molar-refractivity contribution in [2.24, 2.45) is 0 Å². The second kappa shape index (κ2) is 6.76. The fraction of sp³-hybridized carbons (Fsp3) is 0.727. The Labute approximate surface area is 118 Å². The van der Waals surface area contributed by atoms with E-state index >= 15 is 0 Å². The summed E-state index contributed by atoms with van der Waals surface area (Å²) in [5.41, 5.74) is 1.70. The van der Waals surface area contributed by atoms with Crippen LogP contribution in [0.3, 0.4) is 0 Å². The van der Waals surface area contributed by atoms with Gasteiger partial charge in [0.05, 0.1) is 5.51 Å². The molecule has 1 aromatic heterocycles. The van der Waals surface area contributed by atoms with Crippen LogP contribution >= 0.6 is 11.3 Å². The minimum absolute atomic E-state index is 0.0534. The van der Waals surface area contributed by atoms with Crippen LogP contribution in [0.4, 0.5) is 0 Å². The third-order valence-electron chi connectivity index (χ3n) is 3.23. The third-order valence-corrected chi connectivity index (χ3v) is 5.62. The summed E-state index contributed by atoms with van der Waals surface area (Å²) < 4.78 is 28.9. The van der Waals surface area contributed by atoms with E-state index in [1.807, 2.05) is 7.05 Å². The van der Waals surface area contributed by atoms with E-state index < -0.39 is 10.2 Å². The minimum Gasteiger partial charge on any atom is -0.318 e. The lowest BCUT2D eigenvalue weighted by molar-refractivity contribution is 0.246. The molecule has 0 spiro atoms. The Morgan fingerprint density at radius 2 is 2.37 bits per heavy atom. The van der Waals surface area contributed by atoms with Gasteiger partial charge in [-0.2, -0.15) is 17.4 Å². The van der Waals surface area contributed by atoms with Crippen LogP contribution in [0.15, 0.2) is 11.7 Å². The van der Waals surface area contributed by atoms with Gasteiger partial charge in [-0.25, -0.2) is 0 Å². The number of rotatable bonds is 6. The normalized spacial score (nSPS) is 21.6. The van der Waals surface area contributed by atoms with Crippen LogP contribution in [0.1, 0.15) is 24.1 Å². The van der Waals surface area contributed by atoms with E-state index in [1.165, 1.54) is 11.3 Å². The number of nitrogens with zero attached hydrogens (tertiary/aromatic N) is 2.